The Bertz CT molecular complexity index is 359. The van der Waals surface area contributed by atoms with Gasteiger partial charge in [-0.15, -0.1) is 0 Å². The maximum Gasteiger partial charge on any atom is 0.222 e. The van der Waals surface area contributed by atoms with E-state index in [9.17, 15) is 0 Å². The highest BCUT2D eigenvalue weighted by Gasteiger charge is 2.27. The van der Waals surface area contributed by atoms with Crippen LogP contribution < -0.4 is 16.0 Å². The first-order chi connectivity index (χ1) is 7.72. The van der Waals surface area contributed by atoms with E-state index < -0.39 is 0 Å². The number of hydrogen-bond acceptors (Lipinski definition) is 5. The van der Waals surface area contributed by atoms with Gasteiger partial charge in [-0.05, 0) is 13.0 Å². The summed E-state index contributed by atoms with van der Waals surface area (Å²) in [6.07, 6.45) is 0.893. The fourth-order valence-electron chi connectivity index (χ4n) is 1.93. The van der Waals surface area contributed by atoms with Crippen LogP contribution in [-0.4, -0.2) is 35.6 Å². The second kappa shape index (κ2) is 4.65. The lowest BCUT2D eigenvalue weighted by Crippen LogP contribution is -2.58. The molecule has 0 spiro atoms. The van der Waals surface area contributed by atoms with Crippen molar-refractivity contribution >= 4 is 11.8 Å². The third-order valence-corrected chi connectivity index (χ3v) is 2.84. The number of nitrogens with zero attached hydrogens (tertiary/aromatic N) is 3. The lowest BCUT2D eigenvalue weighted by atomic mass is 10.1. The molecule has 0 saturated carbocycles. The molecule has 0 atom stereocenters. The van der Waals surface area contributed by atoms with Crippen LogP contribution in [0.4, 0.5) is 11.8 Å². The molecule has 1 fully saturated rings. The first-order valence-electron chi connectivity index (χ1n) is 5.84. The van der Waals surface area contributed by atoms with Gasteiger partial charge in [-0.1, -0.05) is 13.8 Å². The van der Waals surface area contributed by atoms with Crippen molar-refractivity contribution in [2.45, 2.75) is 26.3 Å². The van der Waals surface area contributed by atoms with Gasteiger partial charge < -0.3 is 16.0 Å². The Morgan fingerprint density at radius 1 is 1.44 bits per heavy atom. The molecule has 0 aromatic carbocycles. The summed E-state index contributed by atoms with van der Waals surface area (Å²) in [6, 6.07) is 2.62. The van der Waals surface area contributed by atoms with E-state index in [-0.39, 0.29) is 0 Å². The summed E-state index contributed by atoms with van der Waals surface area (Å²) in [6.45, 7) is 7.23. The second-order valence-corrected chi connectivity index (χ2v) is 4.09. The van der Waals surface area contributed by atoms with Crippen LogP contribution in [0.3, 0.4) is 0 Å². The number of nitrogen functional groups attached to an aromatic ring is 1. The second-order valence-electron chi connectivity index (χ2n) is 4.09. The molecule has 0 amide bonds. The van der Waals surface area contributed by atoms with Gasteiger partial charge in [0, 0.05) is 30.9 Å². The van der Waals surface area contributed by atoms with Crippen LogP contribution in [0, 0.1) is 0 Å². The van der Waals surface area contributed by atoms with Crippen molar-refractivity contribution in [2.24, 2.45) is 0 Å². The molecule has 0 aliphatic carbocycles. The number of hydrogen-bond donors (Lipinski definition) is 2. The van der Waals surface area contributed by atoms with Gasteiger partial charge in [-0.3, -0.25) is 0 Å². The van der Waals surface area contributed by atoms with Crippen LogP contribution >= 0.6 is 0 Å². The summed E-state index contributed by atoms with van der Waals surface area (Å²) in [5.74, 6) is 1.33. The molecule has 2 heterocycles. The van der Waals surface area contributed by atoms with Crippen LogP contribution in [0.25, 0.3) is 0 Å². The SMILES string of the molecule is CCNC1CN(c2cc(CC)nc(N)n2)C1. The zero-order chi connectivity index (χ0) is 11.5. The normalized spacial score (nSPS) is 16.2. The zero-order valence-electron chi connectivity index (χ0n) is 9.90. The fraction of sp³-hybridized carbons (Fsp3) is 0.636. The first-order valence-corrected chi connectivity index (χ1v) is 5.84. The van der Waals surface area contributed by atoms with Crippen LogP contribution in [0.15, 0.2) is 6.07 Å². The predicted molar refractivity (Wildman–Crippen MR) is 65.5 cm³/mol. The van der Waals surface area contributed by atoms with E-state index >= 15 is 0 Å². The zero-order valence-corrected chi connectivity index (χ0v) is 9.90. The van der Waals surface area contributed by atoms with Gasteiger partial charge in [0.05, 0.1) is 0 Å². The highest BCUT2D eigenvalue weighted by Crippen LogP contribution is 2.20. The maximum absolute atomic E-state index is 5.68. The van der Waals surface area contributed by atoms with Crippen molar-refractivity contribution in [3.63, 3.8) is 0 Å². The Kier molecular flexibility index (Phi) is 3.24. The summed E-state index contributed by atoms with van der Waals surface area (Å²) in [4.78, 5) is 10.7. The summed E-state index contributed by atoms with van der Waals surface area (Å²) >= 11 is 0. The third-order valence-electron chi connectivity index (χ3n) is 2.84. The van der Waals surface area contributed by atoms with Crippen LogP contribution in [-0.2, 0) is 6.42 Å². The van der Waals surface area contributed by atoms with Gasteiger partial charge in [0.15, 0.2) is 0 Å². The Morgan fingerprint density at radius 2 is 2.19 bits per heavy atom. The molecule has 3 N–H and O–H groups in total. The first kappa shape index (κ1) is 11.1. The third kappa shape index (κ3) is 2.24. The molecule has 16 heavy (non-hydrogen) atoms. The van der Waals surface area contributed by atoms with Crippen molar-refractivity contribution in [3.8, 4) is 0 Å². The standard InChI is InChI=1S/C11H19N5/c1-3-8-5-10(15-11(12)14-8)16-6-9(7-16)13-4-2/h5,9,13H,3-4,6-7H2,1-2H3,(H2,12,14,15). The average Bonchev–Trinajstić information content (AvgIpc) is 2.21. The van der Waals surface area contributed by atoms with Crippen LogP contribution in [0.1, 0.15) is 19.5 Å². The maximum atomic E-state index is 5.68. The molecule has 1 aliphatic rings. The Balaban J connectivity index is 2.03. The number of nitrogens with two attached hydrogens (primary N) is 1. The van der Waals surface area contributed by atoms with Crippen molar-refractivity contribution in [3.05, 3.63) is 11.8 Å². The Labute approximate surface area is 96.1 Å². The molecular weight excluding hydrogens is 202 g/mol. The van der Waals surface area contributed by atoms with Gasteiger partial charge >= 0.3 is 0 Å². The lowest BCUT2D eigenvalue weighted by molar-refractivity contribution is 0.426. The van der Waals surface area contributed by atoms with Gasteiger partial charge in [-0.2, -0.15) is 4.98 Å². The molecule has 1 aromatic rings. The van der Waals surface area contributed by atoms with Gasteiger partial charge in [-0.25, -0.2) is 4.98 Å². The summed E-state index contributed by atoms with van der Waals surface area (Å²) in [5.41, 5.74) is 6.69. The molecule has 1 aromatic heterocycles. The minimum Gasteiger partial charge on any atom is -0.368 e. The molecule has 0 radical (unpaired) electrons. The van der Waals surface area contributed by atoms with Crippen molar-refractivity contribution < 1.29 is 0 Å². The van der Waals surface area contributed by atoms with Crippen LogP contribution in [0.2, 0.25) is 0 Å². The van der Waals surface area contributed by atoms with E-state index in [0.717, 1.165) is 37.6 Å². The number of aryl methyl sites for hydroxylation is 1. The van der Waals surface area contributed by atoms with Crippen LogP contribution in [0.5, 0.6) is 0 Å². The summed E-state index contributed by atoms with van der Waals surface area (Å²) in [5, 5.41) is 3.41. The largest absolute Gasteiger partial charge is 0.368 e. The number of rotatable bonds is 4. The average molecular weight is 221 g/mol. The molecule has 88 valence electrons. The number of anilines is 2. The fourth-order valence-corrected chi connectivity index (χ4v) is 1.93. The van der Waals surface area contributed by atoms with E-state index in [1.165, 1.54) is 0 Å². The minimum atomic E-state index is 0.376. The monoisotopic (exact) mass is 221 g/mol. The van der Waals surface area contributed by atoms with E-state index in [1.54, 1.807) is 0 Å². The van der Waals surface area contributed by atoms with Crippen molar-refractivity contribution in [2.75, 3.05) is 30.3 Å². The quantitative estimate of drug-likeness (QED) is 0.771. The minimum absolute atomic E-state index is 0.376. The van der Waals surface area contributed by atoms with Gasteiger partial charge in [0.2, 0.25) is 5.95 Å². The van der Waals surface area contributed by atoms with Crippen molar-refractivity contribution in [1.82, 2.24) is 15.3 Å². The Morgan fingerprint density at radius 3 is 2.81 bits per heavy atom. The predicted octanol–water partition coefficient (Wildman–Crippen LogP) is 0.419. The molecule has 5 nitrogen and oxygen atoms in total. The molecule has 1 saturated heterocycles. The Hall–Kier alpha value is -1.36. The summed E-state index contributed by atoms with van der Waals surface area (Å²) in [7, 11) is 0. The molecule has 0 unspecified atom stereocenters. The highest BCUT2D eigenvalue weighted by molar-refractivity contribution is 5.46. The van der Waals surface area contributed by atoms with E-state index in [1.807, 2.05) is 6.07 Å². The van der Waals surface area contributed by atoms with Gasteiger partial charge in [0.1, 0.15) is 5.82 Å². The van der Waals surface area contributed by atoms with Crippen molar-refractivity contribution in [1.29, 1.82) is 0 Å². The van der Waals surface area contributed by atoms with E-state index in [4.69, 9.17) is 5.73 Å². The molecule has 2 rings (SSSR count). The highest BCUT2D eigenvalue weighted by atomic mass is 15.3. The molecule has 0 bridgehead atoms. The number of likely N-dealkylation sites (N-methyl/N-ethyl adjacent to an activating group) is 1. The van der Waals surface area contributed by atoms with E-state index in [0.29, 0.717) is 12.0 Å². The number of aromatic nitrogens is 2. The topological polar surface area (TPSA) is 67.1 Å². The molecule has 1 aliphatic heterocycles. The van der Waals surface area contributed by atoms with E-state index in [2.05, 4.69) is 34.0 Å². The molecular formula is C11H19N5. The lowest BCUT2D eigenvalue weighted by Gasteiger charge is -2.40. The number of nitrogens with one attached hydrogen (secondary N) is 1. The summed E-state index contributed by atoms with van der Waals surface area (Å²) < 4.78 is 0. The molecule has 5 heteroatoms. The van der Waals surface area contributed by atoms with Gasteiger partial charge in [0.25, 0.3) is 0 Å². The smallest absolute Gasteiger partial charge is 0.222 e.